The number of halogens is 2. The van der Waals surface area contributed by atoms with Crippen LogP contribution in [0.15, 0.2) is 6.20 Å². The first-order chi connectivity index (χ1) is 5.24. The molecule has 1 rings (SSSR count). The monoisotopic (exact) mass is 178 g/mol. The fourth-order valence-corrected chi connectivity index (χ4v) is 1.46. The molecule has 0 aliphatic heterocycles. The van der Waals surface area contributed by atoms with Crippen molar-refractivity contribution in [3.05, 3.63) is 16.1 Å². The number of rotatable bonds is 3. The number of aromatic nitrogens is 1. The lowest BCUT2D eigenvalue weighted by Gasteiger charge is -1.89. The molecule has 1 heterocycles. The van der Waals surface area contributed by atoms with Gasteiger partial charge in [-0.15, -0.1) is 11.3 Å². The lowest BCUT2D eigenvalue weighted by Crippen LogP contribution is -2.01. The van der Waals surface area contributed by atoms with Gasteiger partial charge in [-0.3, -0.25) is 0 Å². The van der Waals surface area contributed by atoms with Crippen LogP contribution in [0.4, 0.5) is 8.78 Å². The molecule has 0 aliphatic rings. The number of nitrogens with zero attached hydrogens (tertiary/aromatic N) is 1. The fraction of sp³-hybridized carbons (Fsp3) is 0.500. The second kappa shape index (κ2) is 3.73. The van der Waals surface area contributed by atoms with Gasteiger partial charge in [-0.2, -0.15) is 0 Å². The Hall–Kier alpha value is -0.550. The SMILES string of the molecule is NCCc1ncc(C(F)F)s1. The zero-order chi connectivity index (χ0) is 8.27. The fourth-order valence-electron chi connectivity index (χ4n) is 0.664. The van der Waals surface area contributed by atoms with Gasteiger partial charge in [-0.1, -0.05) is 0 Å². The van der Waals surface area contributed by atoms with Crippen LogP contribution in [0.1, 0.15) is 16.3 Å². The molecule has 2 N–H and O–H groups in total. The van der Waals surface area contributed by atoms with Gasteiger partial charge in [0.1, 0.15) is 0 Å². The van der Waals surface area contributed by atoms with Gasteiger partial charge >= 0.3 is 0 Å². The summed E-state index contributed by atoms with van der Waals surface area (Å²) in [7, 11) is 0. The standard InChI is InChI=1S/C6H8F2N2S/c7-6(8)4-3-10-5(11-4)1-2-9/h3,6H,1-2,9H2. The normalized spacial score (nSPS) is 10.9. The van der Waals surface area contributed by atoms with Crippen molar-refractivity contribution in [2.24, 2.45) is 5.73 Å². The third kappa shape index (κ3) is 2.20. The first-order valence-electron chi connectivity index (χ1n) is 3.17. The molecule has 0 spiro atoms. The third-order valence-electron chi connectivity index (χ3n) is 1.14. The quantitative estimate of drug-likeness (QED) is 0.763. The summed E-state index contributed by atoms with van der Waals surface area (Å²) in [5.74, 6) is 0. The van der Waals surface area contributed by atoms with Crippen LogP contribution < -0.4 is 5.73 Å². The van der Waals surface area contributed by atoms with Crippen molar-refractivity contribution >= 4 is 11.3 Å². The third-order valence-corrected chi connectivity index (χ3v) is 2.21. The van der Waals surface area contributed by atoms with Crippen LogP contribution in [-0.2, 0) is 6.42 Å². The highest BCUT2D eigenvalue weighted by molar-refractivity contribution is 7.11. The van der Waals surface area contributed by atoms with Gasteiger partial charge in [-0.25, -0.2) is 13.8 Å². The van der Waals surface area contributed by atoms with Crippen molar-refractivity contribution in [3.63, 3.8) is 0 Å². The van der Waals surface area contributed by atoms with Crippen LogP contribution in [0.2, 0.25) is 0 Å². The van der Waals surface area contributed by atoms with E-state index in [0.29, 0.717) is 18.0 Å². The molecule has 0 saturated heterocycles. The van der Waals surface area contributed by atoms with Gasteiger partial charge < -0.3 is 5.73 Å². The number of thiazole rings is 1. The average molecular weight is 178 g/mol. The van der Waals surface area contributed by atoms with E-state index in [-0.39, 0.29) is 4.88 Å². The topological polar surface area (TPSA) is 38.9 Å². The molecule has 1 aromatic heterocycles. The second-order valence-electron chi connectivity index (χ2n) is 2.00. The van der Waals surface area contributed by atoms with Gasteiger partial charge in [0.2, 0.25) is 0 Å². The Kier molecular flexibility index (Phi) is 2.90. The number of nitrogens with two attached hydrogens (primary N) is 1. The molecule has 0 atom stereocenters. The summed E-state index contributed by atoms with van der Waals surface area (Å²) >= 11 is 1.02. The van der Waals surface area contributed by atoms with E-state index in [4.69, 9.17) is 5.73 Å². The van der Waals surface area contributed by atoms with Gasteiger partial charge in [0.05, 0.1) is 9.88 Å². The molecule has 2 nitrogen and oxygen atoms in total. The molecule has 0 aliphatic carbocycles. The summed E-state index contributed by atoms with van der Waals surface area (Å²) in [5.41, 5.74) is 5.23. The first kappa shape index (κ1) is 8.55. The van der Waals surface area contributed by atoms with Crippen molar-refractivity contribution in [2.45, 2.75) is 12.8 Å². The Labute approximate surface area is 67.1 Å². The van der Waals surface area contributed by atoms with Crippen molar-refractivity contribution in [3.8, 4) is 0 Å². The zero-order valence-electron chi connectivity index (χ0n) is 5.76. The van der Waals surface area contributed by atoms with Gasteiger partial charge in [0.25, 0.3) is 6.43 Å². The van der Waals surface area contributed by atoms with E-state index in [1.165, 1.54) is 6.20 Å². The highest BCUT2D eigenvalue weighted by Crippen LogP contribution is 2.24. The van der Waals surface area contributed by atoms with Gasteiger partial charge in [0.15, 0.2) is 0 Å². The number of hydrogen-bond donors (Lipinski definition) is 1. The summed E-state index contributed by atoms with van der Waals surface area (Å²) in [5, 5.41) is 0.683. The summed E-state index contributed by atoms with van der Waals surface area (Å²) < 4.78 is 23.9. The highest BCUT2D eigenvalue weighted by atomic mass is 32.1. The highest BCUT2D eigenvalue weighted by Gasteiger charge is 2.10. The van der Waals surface area contributed by atoms with Crippen LogP contribution in [0, 0.1) is 0 Å². The van der Waals surface area contributed by atoms with Crippen molar-refractivity contribution < 1.29 is 8.78 Å². The lowest BCUT2D eigenvalue weighted by atomic mass is 10.5. The van der Waals surface area contributed by atoms with E-state index in [1.54, 1.807) is 0 Å². The summed E-state index contributed by atoms with van der Waals surface area (Å²) in [4.78, 5) is 3.81. The molecule has 0 unspecified atom stereocenters. The molecular formula is C6H8F2N2S. The molecule has 1 aromatic rings. The molecule has 0 radical (unpaired) electrons. The Morgan fingerprint density at radius 2 is 2.36 bits per heavy atom. The van der Waals surface area contributed by atoms with Gasteiger partial charge in [-0.05, 0) is 6.54 Å². The maximum Gasteiger partial charge on any atom is 0.274 e. The zero-order valence-corrected chi connectivity index (χ0v) is 6.57. The van der Waals surface area contributed by atoms with E-state index in [1.807, 2.05) is 0 Å². The minimum Gasteiger partial charge on any atom is -0.330 e. The molecule has 62 valence electrons. The van der Waals surface area contributed by atoms with E-state index in [2.05, 4.69) is 4.98 Å². The largest absolute Gasteiger partial charge is 0.330 e. The van der Waals surface area contributed by atoms with Crippen LogP contribution in [0.3, 0.4) is 0 Å². The molecule has 0 amide bonds. The smallest absolute Gasteiger partial charge is 0.274 e. The Bertz CT molecular complexity index is 224. The van der Waals surface area contributed by atoms with E-state index in [0.717, 1.165) is 11.3 Å². The van der Waals surface area contributed by atoms with Crippen molar-refractivity contribution in [1.82, 2.24) is 4.98 Å². The first-order valence-corrected chi connectivity index (χ1v) is 3.98. The molecule has 0 aromatic carbocycles. The molecular weight excluding hydrogens is 170 g/mol. The summed E-state index contributed by atoms with van der Waals surface area (Å²) in [6.45, 7) is 0.455. The lowest BCUT2D eigenvalue weighted by molar-refractivity contribution is 0.155. The maximum atomic E-state index is 12.0. The molecule has 5 heteroatoms. The molecule has 0 bridgehead atoms. The van der Waals surface area contributed by atoms with E-state index < -0.39 is 6.43 Å². The minimum absolute atomic E-state index is 0.0217. The maximum absolute atomic E-state index is 12.0. The summed E-state index contributed by atoms with van der Waals surface area (Å²) in [6.07, 6.45) is -0.614. The van der Waals surface area contributed by atoms with Gasteiger partial charge in [0, 0.05) is 12.6 Å². The Morgan fingerprint density at radius 3 is 2.82 bits per heavy atom. The number of alkyl halides is 2. The predicted octanol–water partition coefficient (Wildman–Crippen LogP) is 1.58. The predicted molar refractivity (Wildman–Crippen MR) is 39.8 cm³/mol. The second-order valence-corrected chi connectivity index (χ2v) is 3.14. The average Bonchev–Trinajstić information content (AvgIpc) is 2.37. The van der Waals surface area contributed by atoms with Crippen molar-refractivity contribution in [2.75, 3.05) is 6.54 Å². The molecule has 0 fully saturated rings. The van der Waals surface area contributed by atoms with Crippen LogP contribution in [0.5, 0.6) is 0 Å². The van der Waals surface area contributed by atoms with Crippen molar-refractivity contribution in [1.29, 1.82) is 0 Å². The summed E-state index contributed by atoms with van der Waals surface area (Å²) in [6, 6.07) is 0. The van der Waals surface area contributed by atoms with Crippen LogP contribution >= 0.6 is 11.3 Å². The van der Waals surface area contributed by atoms with E-state index in [9.17, 15) is 8.78 Å². The Morgan fingerprint density at radius 1 is 1.64 bits per heavy atom. The Balaban J connectivity index is 2.66. The van der Waals surface area contributed by atoms with E-state index >= 15 is 0 Å². The van der Waals surface area contributed by atoms with Crippen LogP contribution in [0.25, 0.3) is 0 Å². The molecule has 0 saturated carbocycles. The number of hydrogen-bond acceptors (Lipinski definition) is 3. The minimum atomic E-state index is -2.40. The molecule has 11 heavy (non-hydrogen) atoms. The van der Waals surface area contributed by atoms with Crippen LogP contribution in [-0.4, -0.2) is 11.5 Å².